The Kier molecular flexibility index (Phi) is 3.74. The summed E-state index contributed by atoms with van der Waals surface area (Å²) < 4.78 is 5.75. The van der Waals surface area contributed by atoms with Crippen molar-refractivity contribution in [3.63, 3.8) is 0 Å². The summed E-state index contributed by atoms with van der Waals surface area (Å²) in [5, 5.41) is 10.9. The van der Waals surface area contributed by atoms with Gasteiger partial charge in [0.15, 0.2) is 0 Å². The molecule has 6 heteroatoms. The van der Waals surface area contributed by atoms with E-state index in [2.05, 4.69) is 0 Å². The molecule has 0 N–H and O–H groups in total. The van der Waals surface area contributed by atoms with Gasteiger partial charge >= 0.3 is 0 Å². The Morgan fingerprint density at radius 1 is 1.04 bits per heavy atom. The summed E-state index contributed by atoms with van der Waals surface area (Å²) in [6.07, 6.45) is 1.70. The van der Waals surface area contributed by atoms with Crippen molar-refractivity contribution in [2.75, 3.05) is 0 Å². The predicted octanol–water partition coefficient (Wildman–Crippen LogP) is 5.18. The van der Waals surface area contributed by atoms with Crippen molar-refractivity contribution in [3.05, 3.63) is 87.0 Å². The Hall–Kier alpha value is -3.12. The second-order valence-corrected chi connectivity index (χ2v) is 6.53. The minimum Gasteiger partial charge on any atom is -0.457 e. The minimum absolute atomic E-state index is 0.00535. The van der Waals surface area contributed by atoms with E-state index >= 15 is 0 Å². The molecule has 1 aliphatic rings. The number of nitro benzene ring substituents is 1. The van der Waals surface area contributed by atoms with Gasteiger partial charge in [0.1, 0.15) is 11.5 Å². The van der Waals surface area contributed by atoms with Crippen molar-refractivity contribution in [1.29, 1.82) is 0 Å². The van der Waals surface area contributed by atoms with Crippen LogP contribution in [0.4, 0.5) is 5.69 Å². The number of rotatable bonds is 3. The molecule has 0 spiro atoms. The zero-order valence-electron chi connectivity index (χ0n) is 12.8. The van der Waals surface area contributed by atoms with Gasteiger partial charge in [-0.15, -0.1) is 0 Å². The van der Waals surface area contributed by atoms with E-state index in [0.29, 0.717) is 27.6 Å². The van der Waals surface area contributed by atoms with Crippen LogP contribution < -0.4 is 0 Å². The van der Waals surface area contributed by atoms with Gasteiger partial charge in [-0.05, 0) is 30.3 Å². The van der Waals surface area contributed by atoms with Crippen LogP contribution in [0, 0.1) is 10.1 Å². The van der Waals surface area contributed by atoms with Gasteiger partial charge in [-0.3, -0.25) is 14.9 Å². The van der Waals surface area contributed by atoms with Crippen LogP contribution in [0.2, 0.25) is 0 Å². The van der Waals surface area contributed by atoms with Crippen LogP contribution in [0.15, 0.2) is 74.9 Å². The molecule has 0 fully saturated rings. The fraction of sp³-hybridized carbons (Fsp3) is 0. The molecule has 2 aromatic carbocycles. The van der Waals surface area contributed by atoms with Crippen LogP contribution in [0.5, 0.6) is 0 Å². The second kappa shape index (κ2) is 6.07. The summed E-state index contributed by atoms with van der Waals surface area (Å²) in [6, 6.07) is 17.2. The van der Waals surface area contributed by atoms with Gasteiger partial charge in [0.25, 0.3) is 5.69 Å². The van der Waals surface area contributed by atoms with E-state index in [-0.39, 0.29) is 11.5 Å². The van der Waals surface area contributed by atoms with Crippen LogP contribution in [-0.4, -0.2) is 10.7 Å². The number of thioether (sulfide) groups is 1. The molecule has 0 aliphatic carbocycles. The van der Waals surface area contributed by atoms with E-state index in [0.717, 1.165) is 4.90 Å². The highest BCUT2D eigenvalue weighted by molar-refractivity contribution is 8.04. The number of Topliss-reactive ketones (excluding diaryl/α,β-unsaturated/α-hetero) is 1. The second-order valence-electron chi connectivity index (χ2n) is 5.45. The summed E-state index contributed by atoms with van der Waals surface area (Å²) in [5.41, 5.74) is 1.32. The van der Waals surface area contributed by atoms with Crippen molar-refractivity contribution in [2.24, 2.45) is 0 Å². The topological polar surface area (TPSA) is 73.3 Å². The Labute approximate surface area is 147 Å². The largest absolute Gasteiger partial charge is 0.457 e. The number of hydrogen-bond acceptors (Lipinski definition) is 5. The lowest BCUT2D eigenvalue weighted by atomic mass is 10.1. The fourth-order valence-corrected chi connectivity index (χ4v) is 3.66. The first kappa shape index (κ1) is 15.4. The molecule has 1 aliphatic heterocycles. The van der Waals surface area contributed by atoms with E-state index in [1.54, 1.807) is 30.3 Å². The van der Waals surface area contributed by atoms with Crippen molar-refractivity contribution in [1.82, 2.24) is 0 Å². The first-order valence-electron chi connectivity index (χ1n) is 7.50. The highest BCUT2D eigenvalue weighted by Crippen LogP contribution is 2.41. The SMILES string of the molecule is O=C1/C(=C\c2ccc(-c3cccc([N+](=O)[O-])c3)o2)Sc2ccccc21. The van der Waals surface area contributed by atoms with Gasteiger partial charge in [-0.25, -0.2) is 0 Å². The normalized spacial score (nSPS) is 14.7. The number of ketones is 1. The number of allylic oxidation sites excluding steroid dienone is 1. The van der Waals surface area contributed by atoms with Crippen LogP contribution >= 0.6 is 11.8 Å². The summed E-state index contributed by atoms with van der Waals surface area (Å²) >= 11 is 1.41. The molecule has 0 unspecified atom stereocenters. The smallest absolute Gasteiger partial charge is 0.270 e. The maximum absolute atomic E-state index is 12.4. The first-order chi connectivity index (χ1) is 12.1. The summed E-state index contributed by atoms with van der Waals surface area (Å²) in [5.74, 6) is 1.03. The quantitative estimate of drug-likeness (QED) is 0.370. The molecule has 2 heterocycles. The average molecular weight is 349 g/mol. The highest BCUT2D eigenvalue weighted by atomic mass is 32.2. The zero-order valence-corrected chi connectivity index (χ0v) is 13.7. The minimum atomic E-state index is -0.444. The van der Waals surface area contributed by atoms with E-state index in [9.17, 15) is 14.9 Å². The van der Waals surface area contributed by atoms with Gasteiger partial charge in [-0.2, -0.15) is 0 Å². The number of carbonyl (C=O) groups excluding carboxylic acids is 1. The predicted molar refractivity (Wildman–Crippen MR) is 95.4 cm³/mol. The summed E-state index contributed by atoms with van der Waals surface area (Å²) in [6.45, 7) is 0. The summed E-state index contributed by atoms with van der Waals surface area (Å²) in [4.78, 5) is 24.4. The number of hydrogen-bond donors (Lipinski definition) is 0. The van der Waals surface area contributed by atoms with Crippen molar-refractivity contribution < 1.29 is 14.1 Å². The molecule has 0 radical (unpaired) electrons. The number of fused-ring (bicyclic) bond motifs is 1. The Bertz CT molecular complexity index is 1040. The van der Waals surface area contributed by atoms with E-state index < -0.39 is 4.92 Å². The molecular formula is C19H11NO4S. The van der Waals surface area contributed by atoms with Gasteiger partial charge in [0, 0.05) is 28.2 Å². The van der Waals surface area contributed by atoms with Gasteiger partial charge in [-0.1, -0.05) is 36.0 Å². The van der Waals surface area contributed by atoms with Gasteiger partial charge in [0.2, 0.25) is 5.78 Å². The third-order valence-corrected chi connectivity index (χ3v) is 4.92. The van der Waals surface area contributed by atoms with Crippen molar-refractivity contribution >= 4 is 29.3 Å². The third kappa shape index (κ3) is 2.88. The average Bonchev–Trinajstić information content (AvgIpc) is 3.21. The third-order valence-electron chi connectivity index (χ3n) is 3.82. The number of nitro groups is 1. The van der Waals surface area contributed by atoms with E-state index in [1.165, 1.54) is 23.9 Å². The van der Waals surface area contributed by atoms with Gasteiger partial charge < -0.3 is 4.42 Å². The molecular weight excluding hydrogens is 338 g/mol. The van der Waals surface area contributed by atoms with E-state index in [1.807, 2.05) is 24.3 Å². The van der Waals surface area contributed by atoms with Crippen LogP contribution in [0.1, 0.15) is 16.1 Å². The monoisotopic (exact) mass is 349 g/mol. The van der Waals surface area contributed by atoms with E-state index in [4.69, 9.17) is 4.42 Å². The molecule has 1 aromatic heterocycles. The standard InChI is InChI=1S/C19H11NO4S/c21-19-15-6-1-2-7-17(15)25-18(19)11-14-8-9-16(24-14)12-4-3-5-13(10-12)20(22)23/h1-11H/b18-11+. The molecule has 0 saturated heterocycles. The Balaban J connectivity index is 1.64. The maximum atomic E-state index is 12.4. The molecule has 122 valence electrons. The highest BCUT2D eigenvalue weighted by Gasteiger charge is 2.25. The molecule has 3 aromatic rings. The molecule has 0 amide bonds. The molecule has 5 nitrogen and oxygen atoms in total. The molecule has 0 bridgehead atoms. The summed E-state index contributed by atoms with van der Waals surface area (Å²) in [7, 11) is 0. The lowest BCUT2D eigenvalue weighted by Crippen LogP contribution is -1.93. The zero-order chi connectivity index (χ0) is 17.4. The first-order valence-corrected chi connectivity index (χ1v) is 8.31. The van der Waals surface area contributed by atoms with Crippen LogP contribution in [0.3, 0.4) is 0 Å². The Morgan fingerprint density at radius 3 is 2.68 bits per heavy atom. The van der Waals surface area contributed by atoms with Crippen molar-refractivity contribution in [3.8, 4) is 11.3 Å². The number of non-ortho nitro benzene ring substituents is 1. The molecule has 0 saturated carbocycles. The number of furan rings is 1. The van der Waals surface area contributed by atoms with Gasteiger partial charge in [0.05, 0.1) is 9.83 Å². The van der Waals surface area contributed by atoms with Crippen LogP contribution in [-0.2, 0) is 0 Å². The lowest BCUT2D eigenvalue weighted by Gasteiger charge is -1.97. The number of nitrogens with zero attached hydrogens (tertiary/aromatic N) is 1. The Morgan fingerprint density at radius 2 is 1.88 bits per heavy atom. The molecule has 0 atom stereocenters. The molecule has 25 heavy (non-hydrogen) atoms. The lowest BCUT2D eigenvalue weighted by molar-refractivity contribution is -0.384. The van der Waals surface area contributed by atoms with Crippen molar-refractivity contribution in [2.45, 2.75) is 4.90 Å². The molecule has 4 rings (SSSR count). The number of benzene rings is 2. The van der Waals surface area contributed by atoms with Crippen LogP contribution in [0.25, 0.3) is 17.4 Å². The fourth-order valence-electron chi connectivity index (χ4n) is 2.62. The maximum Gasteiger partial charge on any atom is 0.270 e. The number of carbonyl (C=O) groups is 1.